The lowest BCUT2D eigenvalue weighted by molar-refractivity contribution is 0.256. The largest absolute Gasteiger partial charge is 0.497 e. The molecule has 6 heteroatoms. The molecule has 0 fully saturated rings. The number of anilines is 2. The monoisotopic (exact) mass is 347 g/mol. The van der Waals surface area contributed by atoms with Crippen LogP contribution in [0.15, 0.2) is 48.5 Å². The third-order valence-electron chi connectivity index (χ3n) is 3.48. The Morgan fingerprint density at radius 3 is 2.46 bits per heavy atom. The van der Waals surface area contributed by atoms with E-state index in [9.17, 15) is 4.79 Å². The Labute approximate surface area is 147 Å². The van der Waals surface area contributed by atoms with Crippen LogP contribution < -0.4 is 15.0 Å². The quantitative estimate of drug-likeness (QED) is 0.860. The molecule has 5 nitrogen and oxygen atoms in total. The van der Waals surface area contributed by atoms with E-state index in [-0.39, 0.29) is 6.03 Å². The molecular weight excluding hydrogens is 326 g/mol. The van der Waals surface area contributed by atoms with Crippen LogP contribution in [0.4, 0.5) is 16.2 Å². The molecule has 0 bridgehead atoms. The number of methoxy groups -OCH3 is 1. The van der Waals surface area contributed by atoms with Gasteiger partial charge in [-0.05, 0) is 50.5 Å². The Morgan fingerprint density at radius 2 is 1.83 bits per heavy atom. The van der Waals surface area contributed by atoms with Crippen molar-refractivity contribution in [1.82, 2.24) is 4.90 Å². The molecule has 0 aromatic heterocycles. The minimum Gasteiger partial charge on any atom is -0.497 e. The highest BCUT2D eigenvalue weighted by Gasteiger charge is 2.16. The number of halogens is 1. The predicted molar refractivity (Wildman–Crippen MR) is 99.4 cm³/mol. The van der Waals surface area contributed by atoms with Gasteiger partial charge in [-0.2, -0.15) is 0 Å². The normalized spacial score (nSPS) is 10.5. The fourth-order valence-electron chi connectivity index (χ4n) is 2.16. The zero-order valence-electron chi connectivity index (χ0n) is 14.1. The highest BCUT2D eigenvalue weighted by atomic mass is 35.5. The molecule has 0 atom stereocenters. The van der Waals surface area contributed by atoms with Crippen LogP contribution in [0.1, 0.15) is 0 Å². The number of amides is 2. The van der Waals surface area contributed by atoms with Crippen molar-refractivity contribution in [2.45, 2.75) is 0 Å². The van der Waals surface area contributed by atoms with Gasteiger partial charge in [-0.1, -0.05) is 17.7 Å². The van der Waals surface area contributed by atoms with Crippen LogP contribution in [-0.4, -0.2) is 45.2 Å². The Balaban J connectivity index is 2.18. The molecule has 2 aromatic rings. The van der Waals surface area contributed by atoms with Crippen molar-refractivity contribution in [3.05, 3.63) is 53.6 Å². The van der Waals surface area contributed by atoms with Gasteiger partial charge in [0.15, 0.2) is 0 Å². The summed E-state index contributed by atoms with van der Waals surface area (Å²) >= 11 is 5.95. The van der Waals surface area contributed by atoms with E-state index >= 15 is 0 Å². The third-order valence-corrected chi connectivity index (χ3v) is 3.73. The first-order valence-corrected chi connectivity index (χ1v) is 8.00. The number of carbonyl (C=O) groups excluding carboxylic acids is 1. The van der Waals surface area contributed by atoms with Crippen molar-refractivity contribution in [3.8, 4) is 5.75 Å². The molecule has 0 radical (unpaired) electrons. The van der Waals surface area contributed by atoms with Gasteiger partial charge < -0.3 is 15.0 Å². The number of nitrogens with zero attached hydrogens (tertiary/aromatic N) is 2. The van der Waals surface area contributed by atoms with Gasteiger partial charge in [0.25, 0.3) is 0 Å². The van der Waals surface area contributed by atoms with Crippen LogP contribution >= 0.6 is 11.6 Å². The topological polar surface area (TPSA) is 44.8 Å². The summed E-state index contributed by atoms with van der Waals surface area (Å²) in [4.78, 5) is 16.5. The Kier molecular flexibility index (Phi) is 6.46. The van der Waals surface area contributed by atoms with E-state index in [1.807, 2.05) is 49.3 Å². The summed E-state index contributed by atoms with van der Waals surface area (Å²) in [6.07, 6.45) is 0. The molecule has 1 N–H and O–H groups in total. The fourth-order valence-corrected chi connectivity index (χ4v) is 2.29. The molecule has 0 aliphatic rings. The molecule has 0 saturated carbocycles. The zero-order chi connectivity index (χ0) is 17.5. The number of urea groups is 1. The smallest absolute Gasteiger partial charge is 0.326 e. The standard InChI is InChI=1S/C18H22ClN3O2/c1-21(2)11-12-22(16-9-7-14(19)8-10-16)18(23)20-15-5-4-6-17(13-15)24-3/h4-10,13H,11-12H2,1-3H3,(H,20,23). The summed E-state index contributed by atoms with van der Waals surface area (Å²) in [6.45, 7) is 1.30. The van der Waals surface area contributed by atoms with E-state index in [0.29, 0.717) is 23.0 Å². The van der Waals surface area contributed by atoms with Crippen molar-refractivity contribution in [2.24, 2.45) is 0 Å². The maximum absolute atomic E-state index is 12.7. The van der Waals surface area contributed by atoms with Gasteiger partial charge in [-0.25, -0.2) is 4.79 Å². The Bertz CT molecular complexity index is 674. The summed E-state index contributed by atoms with van der Waals surface area (Å²) in [6, 6.07) is 14.3. The maximum atomic E-state index is 12.7. The molecule has 0 spiro atoms. The third kappa shape index (κ3) is 5.15. The lowest BCUT2D eigenvalue weighted by atomic mass is 10.2. The van der Waals surface area contributed by atoms with E-state index in [1.165, 1.54) is 0 Å². The number of hydrogen-bond acceptors (Lipinski definition) is 3. The van der Waals surface area contributed by atoms with Gasteiger partial charge in [-0.15, -0.1) is 0 Å². The van der Waals surface area contributed by atoms with Gasteiger partial charge in [0.05, 0.1) is 7.11 Å². The van der Waals surface area contributed by atoms with Crippen LogP contribution in [0.5, 0.6) is 5.75 Å². The highest BCUT2D eigenvalue weighted by molar-refractivity contribution is 6.30. The Morgan fingerprint density at radius 1 is 1.12 bits per heavy atom. The second-order valence-corrected chi connectivity index (χ2v) is 6.03. The Hall–Kier alpha value is -2.24. The second-order valence-electron chi connectivity index (χ2n) is 5.59. The van der Waals surface area contributed by atoms with Gasteiger partial charge in [-0.3, -0.25) is 4.90 Å². The number of likely N-dealkylation sites (N-methyl/N-ethyl adjacent to an activating group) is 1. The summed E-state index contributed by atoms with van der Waals surface area (Å²) in [5.74, 6) is 0.694. The first-order valence-electron chi connectivity index (χ1n) is 7.62. The van der Waals surface area contributed by atoms with Crippen LogP contribution in [-0.2, 0) is 0 Å². The van der Waals surface area contributed by atoms with E-state index in [2.05, 4.69) is 5.32 Å². The van der Waals surface area contributed by atoms with Crippen LogP contribution in [0.3, 0.4) is 0 Å². The molecule has 0 heterocycles. The summed E-state index contributed by atoms with van der Waals surface area (Å²) in [5, 5.41) is 3.55. The number of nitrogens with one attached hydrogen (secondary N) is 1. The first-order chi connectivity index (χ1) is 11.5. The van der Waals surface area contributed by atoms with E-state index in [0.717, 1.165) is 12.2 Å². The predicted octanol–water partition coefficient (Wildman–Crippen LogP) is 3.95. The number of rotatable bonds is 6. The van der Waals surface area contributed by atoms with Gasteiger partial charge in [0.1, 0.15) is 5.75 Å². The minimum atomic E-state index is -0.201. The molecule has 2 rings (SSSR count). The average molecular weight is 348 g/mol. The van der Waals surface area contributed by atoms with Crippen molar-refractivity contribution in [1.29, 1.82) is 0 Å². The van der Waals surface area contributed by atoms with E-state index < -0.39 is 0 Å². The SMILES string of the molecule is COc1cccc(NC(=O)N(CCN(C)C)c2ccc(Cl)cc2)c1. The molecule has 24 heavy (non-hydrogen) atoms. The average Bonchev–Trinajstić information content (AvgIpc) is 2.56. The zero-order valence-corrected chi connectivity index (χ0v) is 14.9. The second kappa shape index (κ2) is 8.57. The van der Waals surface area contributed by atoms with E-state index in [4.69, 9.17) is 16.3 Å². The number of carbonyl (C=O) groups is 1. The van der Waals surface area contributed by atoms with Gasteiger partial charge >= 0.3 is 6.03 Å². The summed E-state index contributed by atoms with van der Waals surface area (Å²) in [5.41, 5.74) is 1.48. The van der Waals surface area contributed by atoms with Gasteiger partial charge in [0.2, 0.25) is 0 Å². The number of ether oxygens (including phenoxy) is 1. The van der Waals surface area contributed by atoms with Crippen LogP contribution in [0, 0.1) is 0 Å². The number of benzene rings is 2. The lowest BCUT2D eigenvalue weighted by Crippen LogP contribution is -2.39. The van der Waals surface area contributed by atoms with Crippen molar-refractivity contribution in [3.63, 3.8) is 0 Å². The summed E-state index contributed by atoms with van der Waals surface area (Å²) in [7, 11) is 5.54. The van der Waals surface area contributed by atoms with Crippen molar-refractivity contribution >= 4 is 29.0 Å². The molecule has 0 unspecified atom stereocenters. The van der Waals surface area contributed by atoms with Crippen molar-refractivity contribution in [2.75, 3.05) is 44.5 Å². The molecule has 0 aliphatic heterocycles. The van der Waals surface area contributed by atoms with Crippen LogP contribution in [0.2, 0.25) is 5.02 Å². The highest BCUT2D eigenvalue weighted by Crippen LogP contribution is 2.21. The molecule has 0 saturated heterocycles. The molecule has 2 aromatic carbocycles. The lowest BCUT2D eigenvalue weighted by Gasteiger charge is -2.25. The molecular formula is C18H22ClN3O2. The summed E-state index contributed by atoms with van der Waals surface area (Å²) < 4.78 is 5.19. The van der Waals surface area contributed by atoms with E-state index in [1.54, 1.807) is 30.2 Å². The minimum absolute atomic E-state index is 0.201. The van der Waals surface area contributed by atoms with Crippen LogP contribution in [0.25, 0.3) is 0 Å². The molecule has 2 amide bonds. The molecule has 128 valence electrons. The van der Waals surface area contributed by atoms with Gasteiger partial charge in [0, 0.05) is 35.6 Å². The molecule has 0 aliphatic carbocycles. The first kappa shape index (κ1) is 18.1. The van der Waals surface area contributed by atoms with Crippen molar-refractivity contribution < 1.29 is 9.53 Å². The maximum Gasteiger partial charge on any atom is 0.326 e. The number of hydrogen-bond donors (Lipinski definition) is 1. The fraction of sp³-hybridized carbons (Fsp3) is 0.278.